The molecule has 36 heavy (non-hydrogen) atoms. The minimum absolute atomic E-state index is 0.0539. The molecule has 0 bridgehead atoms. The molecule has 2 aromatic rings. The van der Waals surface area contributed by atoms with Crippen molar-refractivity contribution in [3.8, 4) is 0 Å². The summed E-state index contributed by atoms with van der Waals surface area (Å²) >= 11 is 0. The van der Waals surface area contributed by atoms with Crippen LogP contribution in [0.15, 0.2) is 69.3 Å². The number of rotatable bonds is 7. The summed E-state index contributed by atoms with van der Waals surface area (Å²) in [6.07, 6.45) is 1.30. The summed E-state index contributed by atoms with van der Waals surface area (Å²) in [5.41, 5.74) is 0.418. The average Bonchev–Trinajstić information content (AvgIpc) is 2.81. The number of sulfonamides is 1. The van der Waals surface area contributed by atoms with Crippen molar-refractivity contribution in [3.63, 3.8) is 0 Å². The fourth-order valence-electron chi connectivity index (χ4n) is 4.41. The van der Waals surface area contributed by atoms with Crippen molar-refractivity contribution in [3.05, 3.63) is 71.2 Å². The number of ketones is 1. The normalized spacial score (nSPS) is 21.7. The smallest absolute Gasteiger partial charge is 0.254 e. The van der Waals surface area contributed by atoms with Gasteiger partial charge in [0.25, 0.3) is 10.0 Å². The Morgan fingerprint density at radius 2 is 1.92 bits per heavy atom. The highest BCUT2D eigenvalue weighted by molar-refractivity contribution is 8.23. The predicted octanol–water partition coefficient (Wildman–Crippen LogP) is 5.67. The van der Waals surface area contributed by atoms with E-state index >= 15 is 0 Å². The summed E-state index contributed by atoms with van der Waals surface area (Å²) in [6.45, 7) is 9.20. The fraction of sp³-hybridized carbons (Fsp3) is 0.280. The zero-order chi connectivity index (χ0) is 26.5. The number of fused-ring (bicyclic) bond motifs is 2. The lowest BCUT2D eigenvalue weighted by Gasteiger charge is -2.39. The molecule has 0 spiro atoms. The first kappa shape index (κ1) is 26.0. The minimum atomic E-state index is -3.85. The summed E-state index contributed by atoms with van der Waals surface area (Å²) in [5, 5.41) is 14.8. The third-order valence-corrected chi connectivity index (χ3v) is 8.75. The number of anilines is 2. The number of benzene rings is 2. The molecule has 0 fully saturated rings. The van der Waals surface area contributed by atoms with E-state index < -0.39 is 26.2 Å². The van der Waals surface area contributed by atoms with Crippen LogP contribution in [-0.2, 0) is 20.2 Å². The topological polar surface area (TPSA) is 148 Å². The summed E-state index contributed by atoms with van der Waals surface area (Å²) in [4.78, 5) is 13.9. The molecule has 1 aliphatic carbocycles. The molecule has 192 valence electrons. The van der Waals surface area contributed by atoms with Gasteiger partial charge in [0.1, 0.15) is 16.2 Å². The molecule has 0 aromatic heterocycles. The number of nitrogens with one attached hydrogen (secondary N) is 2. The van der Waals surface area contributed by atoms with E-state index in [1.54, 1.807) is 12.1 Å². The third-order valence-electron chi connectivity index (χ3n) is 6.43. The van der Waals surface area contributed by atoms with Crippen LogP contribution in [0.2, 0.25) is 0 Å². The first-order valence-corrected chi connectivity index (χ1v) is 14.4. The highest BCUT2D eigenvalue weighted by atomic mass is 32.3. The number of amidine groups is 1. The molecule has 0 radical (unpaired) electrons. The Hall–Kier alpha value is -3.12. The number of Topliss-reactive ketones (excluding diaryl/α,β-unsaturated/α-hetero) is 1. The standard InChI is InChI=1S/C25H29N3O6S2/c1-5-35(31,32)27-16-10-11-19-20(14-16)36(33,34)28-24(26-19)21-22(29)17-8-6-7-9-18(17)25(4,23(21)30)13-12-15(2)3/h5-11,14-15,27,29,33-34H,1,12-13H2,2-4H3,(H,26,28)/t25-/m1/s1. The molecule has 2 aliphatic rings. The average molecular weight is 532 g/mol. The Balaban J connectivity index is 1.81. The zero-order valence-electron chi connectivity index (χ0n) is 20.1. The van der Waals surface area contributed by atoms with Crippen molar-refractivity contribution >= 4 is 49.6 Å². The largest absolute Gasteiger partial charge is 0.506 e. The van der Waals surface area contributed by atoms with Crippen molar-refractivity contribution in [2.24, 2.45) is 10.3 Å². The van der Waals surface area contributed by atoms with E-state index in [-0.39, 0.29) is 39.2 Å². The molecule has 0 saturated carbocycles. The van der Waals surface area contributed by atoms with Gasteiger partial charge in [-0.1, -0.05) is 55.5 Å². The van der Waals surface area contributed by atoms with Crippen LogP contribution in [0.25, 0.3) is 5.76 Å². The summed E-state index contributed by atoms with van der Waals surface area (Å²) in [7, 11) is -7.66. The summed E-state index contributed by atoms with van der Waals surface area (Å²) < 4.78 is 51.7. The van der Waals surface area contributed by atoms with Crippen molar-refractivity contribution in [2.75, 3.05) is 10.0 Å². The van der Waals surface area contributed by atoms with Crippen LogP contribution < -0.4 is 10.0 Å². The Morgan fingerprint density at radius 1 is 1.22 bits per heavy atom. The summed E-state index contributed by atoms with van der Waals surface area (Å²) in [5.74, 6) is -0.478. The van der Waals surface area contributed by atoms with E-state index in [0.717, 1.165) is 11.8 Å². The van der Waals surface area contributed by atoms with Gasteiger partial charge in [0.2, 0.25) is 0 Å². The molecule has 1 atom stereocenters. The highest BCUT2D eigenvalue weighted by Crippen LogP contribution is 2.57. The van der Waals surface area contributed by atoms with E-state index in [2.05, 4.69) is 34.9 Å². The predicted molar refractivity (Wildman–Crippen MR) is 144 cm³/mol. The SMILES string of the molecule is C=CS(=O)(=O)Nc1ccc2c(c1)S(O)(O)N=C(C1=C(O)c3ccccc3[C@@](C)(CCC(C)C)C1=O)N2. The molecule has 5 N–H and O–H groups in total. The summed E-state index contributed by atoms with van der Waals surface area (Å²) in [6, 6.07) is 11.2. The number of carbonyl (C=O) groups is 1. The molecule has 0 amide bonds. The van der Waals surface area contributed by atoms with Gasteiger partial charge in [-0.2, -0.15) is 0 Å². The molecule has 1 heterocycles. The Labute approximate surface area is 212 Å². The van der Waals surface area contributed by atoms with Gasteiger partial charge in [0.15, 0.2) is 11.6 Å². The van der Waals surface area contributed by atoms with Crippen molar-refractivity contribution < 1.29 is 27.4 Å². The van der Waals surface area contributed by atoms with Gasteiger partial charge in [0.05, 0.1) is 16.8 Å². The second-order valence-corrected chi connectivity index (χ2v) is 12.8. The maximum Gasteiger partial charge on any atom is 0.254 e. The lowest BCUT2D eigenvalue weighted by Crippen LogP contribution is -2.42. The van der Waals surface area contributed by atoms with Gasteiger partial charge >= 0.3 is 0 Å². The first-order chi connectivity index (χ1) is 16.8. The van der Waals surface area contributed by atoms with Crippen molar-refractivity contribution in [1.29, 1.82) is 0 Å². The minimum Gasteiger partial charge on any atom is -0.506 e. The highest BCUT2D eigenvalue weighted by Gasteiger charge is 2.46. The second kappa shape index (κ2) is 9.07. The van der Waals surface area contributed by atoms with Crippen LogP contribution in [-0.4, -0.2) is 34.2 Å². The maximum atomic E-state index is 13.9. The number of aliphatic hydroxyl groups is 1. The number of hydrogen-bond acceptors (Lipinski definition) is 8. The second-order valence-electron chi connectivity index (χ2n) is 9.47. The molecular formula is C25H29N3O6S2. The monoisotopic (exact) mass is 531 g/mol. The molecular weight excluding hydrogens is 502 g/mol. The first-order valence-electron chi connectivity index (χ1n) is 11.3. The van der Waals surface area contributed by atoms with Crippen molar-refractivity contribution in [1.82, 2.24) is 0 Å². The number of hydrogen-bond donors (Lipinski definition) is 5. The molecule has 0 saturated heterocycles. The lowest BCUT2D eigenvalue weighted by atomic mass is 9.66. The molecule has 1 aliphatic heterocycles. The van der Waals surface area contributed by atoms with Gasteiger partial charge in [-0.15, -0.1) is 4.40 Å². The van der Waals surface area contributed by atoms with Gasteiger partial charge < -0.3 is 10.4 Å². The van der Waals surface area contributed by atoms with Crippen LogP contribution in [0, 0.1) is 5.92 Å². The number of aliphatic hydroxyl groups excluding tert-OH is 1. The van der Waals surface area contributed by atoms with Gasteiger partial charge in [0, 0.05) is 11.0 Å². The van der Waals surface area contributed by atoms with Crippen LogP contribution in [0.1, 0.15) is 44.7 Å². The van der Waals surface area contributed by atoms with Gasteiger partial charge in [-0.05, 0) is 49.4 Å². The van der Waals surface area contributed by atoms with Gasteiger partial charge in [-0.25, -0.2) is 8.42 Å². The number of nitrogens with zero attached hydrogens (tertiary/aromatic N) is 1. The third kappa shape index (κ3) is 4.55. The van der Waals surface area contributed by atoms with E-state index in [9.17, 15) is 27.4 Å². The lowest BCUT2D eigenvalue weighted by molar-refractivity contribution is -0.120. The molecule has 0 unspecified atom stereocenters. The van der Waals surface area contributed by atoms with Crippen LogP contribution in [0.5, 0.6) is 0 Å². The molecule has 4 rings (SSSR count). The van der Waals surface area contributed by atoms with E-state index in [1.165, 1.54) is 18.2 Å². The molecule has 11 heteroatoms. The van der Waals surface area contributed by atoms with E-state index in [0.29, 0.717) is 23.5 Å². The van der Waals surface area contributed by atoms with E-state index in [4.69, 9.17) is 0 Å². The number of carbonyl (C=O) groups excluding carboxylic acids is 1. The zero-order valence-corrected chi connectivity index (χ0v) is 21.8. The van der Waals surface area contributed by atoms with Gasteiger partial charge in [-0.3, -0.25) is 18.6 Å². The molecule has 2 aromatic carbocycles. The van der Waals surface area contributed by atoms with Crippen LogP contribution in [0.4, 0.5) is 11.4 Å². The maximum absolute atomic E-state index is 13.9. The Morgan fingerprint density at radius 3 is 2.58 bits per heavy atom. The van der Waals surface area contributed by atoms with Crippen LogP contribution >= 0.6 is 10.8 Å². The Kier molecular flexibility index (Phi) is 6.54. The van der Waals surface area contributed by atoms with Crippen LogP contribution in [0.3, 0.4) is 0 Å². The molecule has 9 nitrogen and oxygen atoms in total. The van der Waals surface area contributed by atoms with Crippen molar-refractivity contribution in [2.45, 2.75) is 43.9 Å². The fourth-order valence-corrected chi connectivity index (χ4v) is 6.14. The quantitative estimate of drug-likeness (QED) is 0.309. The van der Waals surface area contributed by atoms with E-state index in [1.807, 2.05) is 19.1 Å². The Bertz CT molecular complexity index is 1430.